The lowest BCUT2D eigenvalue weighted by atomic mass is 9.94. The first-order valence-corrected chi connectivity index (χ1v) is 10.3. The number of aryl methyl sites for hydroxylation is 1. The number of hydrogen-bond donors (Lipinski definition) is 0. The molecule has 2 amide bonds. The van der Waals surface area contributed by atoms with E-state index in [0.29, 0.717) is 44.4 Å². The molecule has 0 bridgehead atoms. The number of amides is 2. The molecule has 1 aromatic heterocycles. The van der Waals surface area contributed by atoms with E-state index in [1.54, 1.807) is 4.68 Å². The summed E-state index contributed by atoms with van der Waals surface area (Å²) in [5.74, 6) is 0.368. The van der Waals surface area contributed by atoms with Crippen LogP contribution in [-0.4, -0.2) is 70.8 Å². The minimum Gasteiger partial charge on any atom is -0.380 e. The van der Waals surface area contributed by atoms with Crippen LogP contribution in [0, 0.1) is 12.8 Å². The van der Waals surface area contributed by atoms with Crippen LogP contribution in [-0.2, 0) is 16.1 Å². The summed E-state index contributed by atoms with van der Waals surface area (Å²) in [6.45, 7) is 8.70. The molecular weight excluding hydrogens is 344 g/mol. The summed E-state index contributed by atoms with van der Waals surface area (Å²) in [4.78, 5) is 29.6. The third-order valence-electron chi connectivity index (χ3n) is 5.57. The van der Waals surface area contributed by atoms with E-state index in [2.05, 4.69) is 5.10 Å². The van der Waals surface area contributed by atoms with Crippen molar-refractivity contribution >= 4 is 11.8 Å². The molecule has 0 atom stereocenters. The van der Waals surface area contributed by atoms with E-state index in [9.17, 15) is 9.59 Å². The van der Waals surface area contributed by atoms with Crippen LogP contribution in [0.4, 0.5) is 0 Å². The third-order valence-corrected chi connectivity index (χ3v) is 5.57. The zero-order valence-electron chi connectivity index (χ0n) is 16.7. The predicted octanol–water partition coefficient (Wildman–Crippen LogP) is 2.09. The Morgan fingerprint density at radius 2 is 1.81 bits per heavy atom. The molecule has 2 aliphatic rings. The van der Waals surface area contributed by atoms with Crippen molar-refractivity contribution in [2.75, 3.05) is 39.4 Å². The number of rotatable bonds is 6. The van der Waals surface area contributed by atoms with E-state index in [0.717, 1.165) is 44.5 Å². The molecule has 7 heteroatoms. The molecule has 150 valence electrons. The molecule has 2 fully saturated rings. The van der Waals surface area contributed by atoms with Crippen LogP contribution in [0.3, 0.4) is 0 Å². The van der Waals surface area contributed by atoms with Gasteiger partial charge in [-0.2, -0.15) is 5.10 Å². The highest BCUT2D eigenvalue weighted by Gasteiger charge is 2.31. The molecular formula is C20H32N4O3. The number of carbonyl (C=O) groups is 2. The summed E-state index contributed by atoms with van der Waals surface area (Å²) in [7, 11) is 0. The first-order valence-electron chi connectivity index (χ1n) is 10.3. The number of hydrogen-bond acceptors (Lipinski definition) is 4. The lowest BCUT2D eigenvalue weighted by Crippen LogP contribution is -2.46. The highest BCUT2D eigenvalue weighted by atomic mass is 16.5. The maximum absolute atomic E-state index is 13.0. The lowest BCUT2D eigenvalue weighted by Gasteiger charge is -2.35. The SMILES string of the molecule is CCOCCn1nc(C)cc1C(=O)N1CCC(C(=O)N2CCCCC2)CC1. The second-order valence-corrected chi connectivity index (χ2v) is 7.54. The van der Waals surface area contributed by atoms with Crippen LogP contribution in [0.15, 0.2) is 6.07 Å². The van der Waals surface area contributed by atoms with Crippen molar-refractivity contribution < 1.29 is 14.3 Å². The molecule has 0 N–H and O–H groups in total. The topological polar surface area (TPSA) is 67.7 Å². The summed E-state index contributed by atoms with van der Waals surface area (Å²) < 4.78 is 7.15. The van der Waals surface area contributed by atoms with Gasteiger partial charge in [0, 0.05) is 38.7 Å². The Kier molecular flexibility index (Phi) is 6.88. The summed E-state index contributed by atoms with van der Waals surface area (Å²) >= 11 is 0. The van der Waals surface area contributed by atoms with Crippen molar-refractivity contribution in [1.82, 2.24) is 19.6 Å². The number of aromatic nitrogens is 2. The van der Waals surface area contributed by atoms with Crippen LogP contribution < -0.4 is 0 Å². The van der Waals surface area contributed by atoms with Gasteiger partial charge in [0.05, 0.1) is 18.8 Å². The van der Waals surface area contributed by atoms with Crippen LogP contribution in [0.5, 0.6) is 0 Å². The quantitative estimate of drug-likeness (QED) is 0.713. The van der Waals surface area contributed by atoms with Gasteiger partial charge in [-0.3, -0.25) is 14.3 Å². The molecule has 0 unspecified atom stereocenters. The van der Waals surface area contributed by atoms with Crippen molar-refractivity contribution in [3.63, 3.8) is 0 Å². The van der Waals surface area contributed by atoms with Gasteiger partial charge in [-0.15, -0.1) is 0 Å². The maximum Gasteiger partial charge on any atom is 0.272 e. The van der Waals surface area contributed by atoms with Crippen LogP contribution in [0.25, 0.3) is 0 Å². The molecule has 3 heterocycles. The van der Waals surface area contributed by atoms with Crippen LogP contribution in [0.1, 0.15) is 55.2 Å². The molecule has 0 radical (unpaired) electrons. The van der Waals surface area contributed by atoms with E-state index >= 15 is 0 Å². The molecule has 1 aromatic rings. The molecule has 0 saturated carbocycles. The van der Waals surface area contributed by atoms with Gasteiger partial charge >= 0.3 is 0 Å². The van der Waals surface area contributed by atoms with Gasteiger partial charge in [0.2, 0.25) is 5.91 Å². The number of carbonyl (C=O) groups excluding carboxylic acids is 2. The first-order chi connectivity index (χ1) is 13.1. The summed E-state index contributed by atoms with van der Waals surface area (Å²) in [6, 6.07) is 1.85. The van der Waals surface area contributed by atoms with E-state index in [4.69, 9.17) is 4.74 Å². The molecule has 2 aliphatic heterocycles. The molecule has 2 saturated heterocycles. The minimum atomic E-state index is 0.0102. The van der Waals surface area contributed by atoms with Crippen molar-refractivity contribution in [1.29, 1.82) is 0 Å². The third kappa shape index (κ3) is 4.89. The Morgan fingerprint density at radius 1 is 1.11 bits per heavy atom. The second kappa shape index (κ2) is 9.35. The number of ether oxygens (including phenoxy) is 1. The first kappa shape index (κ1) is 19.9. The van der Waals surface area contributed by atoms with Gasteiger partial charge < -0.3 is 14.5 Å². The normalized spacial score (nSPS) is 18.7. The van der Waals surface area contributed by atoms with Gasteiger partial charge in [-0.05, 0) is 52.0 Å². The smallest absolute Gasteiger partial charge is 0.272 e. The Bertz CT molecular complexity index is 644. The number of likely N-dealkylation sites (tertiary alicyclic amines) is 2. The fraction of sp³-hybridized carbons (Fsp3) is 0.750. The molecule has 0 aromatic carbocycles. The van der Waals surface area contributed by atoms with Gasteiger partial charge in [0.25, 0.3) is 5.91 Å². The van der Waals surface area contributed by atoms with Crippen molar-refractivity contribution in [2.24, 2.45) is 5.92 Å². The zero-order valence-corrected chi connectivity index (χ0v) is 16.7. The number of piperidine rings is 2. The van der Waals surface area contributed by atoms with Gasteiger partial charge in [-0.1, -0.05) is 0 Å². The highest BCUT2D eigenvalue weighted by Crippen LogP contribution is 2.23. The Hall–Kier alpha value is -1.89. The van der Waals surface area contributed by atoms with Gasteiger partial charge in [-0.25, -0.2) is 0 Å². The molecule has 0 spiro atoms. The van der Waals surface area contributed by atoms with E-state index in [1.807, 2.05) is 29.7 Å². The largest absolute Gasteiger partial charge is 0.380 e. The summed E-state index contributed by atoms with van der Waals surface area (Å²) in [5, 5.41) is 4.43. The summed E-state index contributed by atoms with van der Waals surface area (Å²) in [6.07, 6.45) is 4.98. The average Bonchev–Trinajstić information content (AvgIpc) is 3.08. The van der Waals surface area contributed by atoms with E-state index < -0.39 is 0 Å². The van der Waals surface area contributed by atoms with Crippen molar-refractivity contribution in [3.8, 4) is 0 Å². The molecule has 27 heavy (non-hydrogen) atoms. The number of nitrogens with zero attached hydrogens (tertiary/aromatic N) is 4. The average molecular weight is 377 g/mol. The van der Waals surface area contributed by atoms with Crippen LogP contribution >= 0.6 is 0 Å². The van der Waals surface area contributed by atoms with Crippen molar-refractivity contribution in [3.05, 3.63) is 17.5 Å². The standard InChI is InChI=1S/C20H32N4O3/c1-3-27-14-13-24-18(15-16(2)21-24)20(26)23-11-7-17(8-12-23)19(25)22-9-5-4-6-10-22/h15,17H,3-14H2,1-2H3. The molecule has 0 aliphatic carbocycles. The zero-order chi connectivity index (χ0) is 19.2. The Balaban J connectivity index is 1.56. The lowest BCUT2D eigenvalue weighted by molar-refractivity contribution is -0.137. The minimum absolute atomic E-state index is 0.0102. The highest BCUT2D eigenvalue weighted by molar-refractivity contribution is 5.93. The molecule has 7 nitrogen and oxygen atoms in total. The monoisotopic (exact) mass is 376 g/mol. The second-order valence-electron chi connectivity index (χ2n) is 7.54. The van der Waals surface area contributed by atoms with Gasteiger partial charge in [0.1, 0.15) is 5.69 Å². The van der Waals surface area contributed by atoms with E-state index in [1.165, 1.54) is 6.42 Å². The maximum atomic E-state index is 13.0. The summed E-state index contributed by atoms with van der Waals surface area (Å²) in [5.41, 5.74) is 1.46. The fourth-order valence-corrected chi connectivity index (χ4v) is 4.05. The predicted molar refractivity (Wildman–Crippen MR) is 103 cm³/mol. The van der Waals surface area contributed by atoms with Gasteiger partial charge in [0.15, 0.2) is 0 Å². The molecule has 3 rings (SSSR count). The Morgan fingerprint density at radius 3 is 2.48 bits per heavy atom. The fourth-order valence-electron chi connectivity index (χ4n) is 4.05. The Labute approximate surface area is 161 Å². The van der Waals surface area contributed by atoms with Crippen molar-refractivity contribution in [2.45, 2.75) is 52.5 Å². The van der Waals surface area contributed by atoms with E-state index in [-0.39, 0.29) is 11.8 Å². The van der Waals surface area contributed by atoms with Crippen LogP contribution in [0.2, 0.25) is 0 Å².